The molecule has 0 saturated carbocycles. The molecule has 0 radical (unpaired) electrons. The molecular weight excluding hydrogens is 414 g/mol. The molecule has 6 heteroatoms. The lowest BCUT2D eigenvalue weighted by atomic mass is 10.0. The first-order chi connectivity index (χ1) is 12.1. The Bertz CT molecular complexity index is 893. The Morgan fingerprint density at radius 1 is 1.12 bits per heavy atom. The molecule has 3 aromatic rings. The van der Waals surface area contributed by atoms with Gasteiger partial charge in [0.1, 0.15) is 0 Å². The summed E-state index contributed by atoms with van der Waals surface area (Å²) in [7, 11) is 0. The van der Waals surface area contributed by atoms with E-state index >= 15 is 0 Å². The van der Waals surface area contributed by atoms with E-state index in [1.165, 1.54) is 9.75 Å². The van der Waals surface area contributed by atoms with Gasteiger partial charge < -0.3 is 10.2 Å². The van der Waals surface area contributed by atoms with Crippen molar-refractivity contribution in [1.82, 2.24) is 10.3 Å². The number of benzene rings is 1. The van der Waals surface area contributed by atoms with Gasteiger partial charge in [-0.15, -0.1) is 11.3 Å². The lowest BCUT2D eigenvalue weighted by molar-refractivity contribution is 0.575. The molecule has 1 N–H and O–H groups in total. The van der Waals surface area contributed by atoms with E-state index < -0.39 is 0 Å². The van der Waals surface area contributed by atoms with Gasteiger partial charge in [0, 0.05) is 26.1 Å². The van der Waals surface area contributed by atoms with Crippen molar-refractivity contribution in [3.8, 4) is 0 Å². The summed E-state index contributed by atoms with van der Waals surface area (Å²) in [6, 6.07) is 18.7. The van der Waals surface area contributed by atoms with Crippen molar-refractivity contribution in [2.45, 2.75) is 19.0 Å². The minimum Gasteiger partial charge on any atom is -0.351 e. The highest BCUT2D eigenvalue weighted by Crippen LogP contribution is 2.43. The summed E-state index contributed by atoms with van der Waals surface area (Å²) in [6.07, 6.45) is 1.83. The van der Waals surface area contributed by atoms with E-state index in [1.807, 2.05) is 41.8 Å². The van der Waals surface area contributed by atoms with Gasteiger partial charge in [0.2, 0.25) is 0 Å². The van der Waals surface area contributed by atoms with E-state index in [1.54, 1.807) is 0 Å². The smallest absolute Gasteiger partial charge is 0.174 e. The Hall–Kier alpha value is -1.76. The Balaban J connectivity index is 1.81. The SMILES string of the molecule is Cc1ccc([C@@H]2[C@@H](c3ccccn3)NC(=S)N2c2ccc(Br)cc2)s1. The molecule has 0 amide bonds. The van der Waals surface area contributed by atoms with Crippen molar-refractivity contribution >= 4 is 50.3 Å². The number of aryl methyl sites for hydroxylation is 1. The average Bonchev–Trinajstić information content (AvgIpc) is 3.20. The Labute approximate surface area is 164 Å². The van der Waals surface area contributed by atoms with Crippen LogP contribution < -0.4 is 10.2 Å². The third-order valence-corrected chi connectivity index (χ3v) is 6.17. The number of thiophene rings is 1. The van der Waals surface area contributed by atoms with Crippen LogP contribution in [0.15, 0.2) is 65.3 Å². The molecule has 126 valence electrons. The third-order valence-electron chi connectivity index (χ3n) is 4.26. The molecule has 1 saturated heterocycles. The number of aromatic nitrogens is 1. The second kappa shape index (κ2) is 6.86. The molecule has 0 bridgehead atoms. The maximum atomic E-state index is 5.70. The first kappa shape index (κ1) is 16.7. The zero-order valence-electron chi connectivity index (χ0n) is 13.5. The van der Waals surface area contributed by atoms with Crippen LogP contribution in [0.4, 0.5) is 5.69 Å². The summed E-state index contributed by atoms with van der Waals surface area (Å²) in [6.45, 7) is 2.13. The fourth-order valence-corrected chi connectivity index (χ4v) is 4.75. The quantitative estimate of drug-likeness (QED) is 0.564. The molecule has 1 aromatic carbocycles. The fraction of sp³-hybridized carbons (Fsp3) is 0.158. The molecule has 1 aliphatic heterocycles. The van der Waals surface area contributed by atoms with Gasteiger partial charge >= 0.3 is 0 Å². The first-order valence-corrected chi connectivity index (χ1v) is 9.98. The standard InChI is InChI=1S/C19H16BrN3S2/c1-12-5-10-16(25-12)18-17(15-4-2-3-11-21-15)22-19(24)23(18)14-8-6-13(20)7-9-14/h2-11,17-18H,1H3,(H,22,24)/t17-,18-/m1/s1. The third kappa shape index (κ3) is 3.21. The fourth-order valence-electron chi connectivity index (χ4n) is 3.14. The molecule has 2 aromatic heterocycles. The van der Waals surface area contributed by atoms with Gasteiger partial charge in [-0.05, 0) is 67.7 Å². The topological polar surface area (TPSA) is 28.2 Å². The highest BCUT2D eigenvalue weighted by atomic mass is 79.9. The predicted octanol–water partition coefficient (Wildman–Crippen LogP) is 5.39. The number of hydrogen-bond donors (Lipinski definition) is 1. The summed E-state index contributed by atoms with van der Waals surface area (Å²) in [5, 5.41) is 4.21. The first-order valence-electron chi connectivity index (χ1n) is 7.96. The van der Waals surface area contributed by atoms with Gasteiger partial charge in [0.05, 0.1) is 17.8 Å². The van der Waals surface area contributed by atoms with Gasteiger partial charge in [-0.3, -0.25) is 4.98 Å². The number of nitrogens with one attached hydrogen (secondary N) is 1. The van der Waals surface area contributed by atoms with E-state index in [-0.39, 0.29) is 12.1 Å². The highest BCUT2D eigenvalue weighted by Gasteiger charge is 2.41. The molecule has 0 unspecified atom stereocenters. The molecule has 1 aliphatic rings. The van der Waals surface area contributed by atoms with Gasteiger partial charge in [-0.1, -0.05) is 22.0 Å². The number of anilines is 1. The largest absolute Gasteiger partial charge is 0.351 e. The van der Waals surface area contributed by atoms with Gasteiger partial charge in [0.15, 0.2) is 5.11 Å². The maximum Gasteiger partial charge on any atom is 0.174 e. The number of nitrogens with zero attached hydrogens (tertiary/aromatic N) is 2. The minimum absolute atomic E-state index is 0.0235. The Morgan fingerprint density at radius 2 is 1.92 bits per heavy atom. The zero-order valence-corrected chi connectivity index (χ0v) is 16.7. The lowest BCUT2D eigenvalue weighted by Crippen LogP contribution is -2.28. The molecule has 1 fully saturated rings. The van der Waals surface area contributed by atoms with Crippen LogP contribution in [-0.2, 0) is 0 Å². The van der Waals surface area contributed by atoms with Gasteiger partial charge in [-0.2, -0.15) is 0 Å². The maximum absolute atomic E-state index is 5.70. The van der Waals surface area contributed by atoms with Crippen LogP contribution in [0.25, 0.3) is 0 Å². The van der Waals surface area contributed by atoms with Crippen LogP contribution in [0, 0.1) is 6.92 Å². The highest BCUT2D eigenvalue weighted by molar-refractivity contribution is 9.10. The Morgan fingerprint density at radius 3 is 2.56 bits per heavy atom. The summed E-state index contributed by atoms with van der Waals surface area (Å²) in [4.78, 5) is 9.34. The van der Waals surface area contributed by atoms with Crippen LogP contribution in [0.2, 0.25) is 0 Å². The van der Waals surface area contributed by atoms with E-state index in [2.05, 4.69) is 68.4 Å². The van der Waals surface area contributed by atoms with Crippen LogP contribution in [0.5, 0.6) is 0 Å². The number of halogens is 1. The lowest BCUT2D eigenvalue weighted by Gasteiger charge is -2.27. The predicted molar refractivity (Wildman–Crippen MR) is 111 cm³/mol. The van der Waals surface area contributed by atoms with Gasteiger partial charge in [0.25, 0.3) is 0 Å². The number of rotatable bonds is 3. The van der Waals surface area contributed by atoms with E-state index in [0.29, 0.717) is 0 Å². The number of hydrogen-bond acceptors (Lipinski definition) is 3. The van der Waals surface area contributed by atoms with Crippen molar-refractivity contribution in [3.63, 3.8) is 0 Å². The summed E-state index contributed by atoms with van der Waals surface area (Å²) < 4.78 is 1.05. The van der Waals surface area contributed by atoms with Crippen LogP contribution in [0.3, 0.4) is 0 Å². The second-order valence-electron chi connectivity index (χ2n) is 5.92. The normalized spacial score (nSPS) is 19.9. The van der Waals surface area contributed by atoms with Crippen LogP contribution >= 0.6 is 39.5 Å². The Kier molecular flexibility index (Phi) is 4.58. The van der Waals surface area contributed by atoms with Crippen LogP contribution in [-0.4, -0.2) is 10.1 Å². The monoisotopic (exact) mass is 429 g/mol. The van der Waals surface area contributed by atoms with Crippen LogP contribution in [0.1, 0.15) is 27.5 Å². The summed E-state index contributed by atoms with van der Waals surface area (Å²) in [5.74, 6) is 0. The molecule has 3 nitrogen and oxygen atoms in total. The zero-order chi connectivity index (χ0) is 17.4. The molecule has 2 atom stereocenters. The average molecular weight is 430 g/mol. The summed E-state index contributed by atoms with van der Waals surface area (Å²) in [5.41, 5.74) is 2.08. The van der Waals surface area contributed by atoms with Crippen molar-refractivity contribution in [2.24, 2.45) is 0 Å². The summed E-state index contributed by atoms with van der Waals surface area (Å²) >= 11 is 11.0. The van der Waals surface area contributed by atoms with Crippen molar-refractivity contribution in [1.29, 1.82) is 0 Å². The second-order valence-corrected chi connectivity index (χ2v) is 8.54. The van der Waals surface area contributed by atoms with Gasteiger partial charge in [-0.25, -0.2) is 0 Å². The molecule has 0 aliphatic carbocycles. The van der Waals surface area contributed by atoms with Crippen molar-refractivity contribution in [3.05, 3.63) is 80.7 Å². The number of thiocarbonyl (C=S) groups is 1. The molecule has 25 heavy (non-hydrogen) atoms. The molecule has 3 heterocycles. The van der Waals surface area contributed by atoms with E-state index in [0.717, 1.165) is 21.0 Å². The minimum atomic E-state index is 0.0235. The van der Waals surface area contributed by atoms with Crippen molar-refractivity contribution in [2.75, 3.05) is 4.90 Å². The molecular formula is C19H16BrN3S2. The van der Waals surface area contributed by atoms with E-state index in [4.69, 9.17) is 12.2 Å². The number of pyridine rings is 1. The molecule has 4 rings (SSSR count). The molecule has 0 spiro atoms. The van der Waals surface area contributed by atoms with E-state index in [9.17, 15) is 0 Å². The van der Waals surface area contributed by atoms with Crippen molar-refractivity contribution < 1.29 is 0 Å².